The molecule has 6 nitrogen and oxygen atoms in total. The maximum atomic E-state index is 12.1. The average molecular weight is 355 g/mol. The Bertz CT molecular complexity index is 843. The largest absolute Gasteiger partial charge is 0.497 e. The topological polar surface area (TPSA) is 77.1 Å². The third-order valence-corrected chi connectivity index (χ3v) is 4.37. The van der Waals surface area contributed by atoms with Crippen LogP contribution in [0.5, 0.6) is 11.5 Å². The first-order chi connectivity index (χ1) is 12.2. The molecule has 0 bridgehead atoms. The van der Waals surface area contributed by atoms with Crippen LogP contribution in [0.4, 0.5) is 0 Å². The Morgan fingerprint density at radius 3 is 2.40 bits per heavy atom. The molecule has 128 valence electrons. The number of aromatic nitrogens is 3. The highest BCUT2D eigenvalue weighted by Crippen LogP contribution is 2.28. The number of benzene rings is 2. The van der Waals surface area contributed by atoms with Crippen LogP contribution in [-0.4, -0.2) is 40.9 Å². The number of carbonyl (C=O) groups is 1. The molecule has 1 aromatic heterocycles. The minimum atomic E-state index is 0.0417. The maximum absolute atomic E-state index is 12.1. The molecule has 0 saturated carbocycles. The van der Waals surface area contributed by atoms with Crippen LogP contribution < -0.4 is 9.47 Å². The van der Waals surface area contributed by atoms with Gasteiger partial charge in [0, 0.05) is 17.2 Å². The van der Waals surface area contributed by atoms with Crippen LogP contribution in [-0.2, 0) is 0 Å². The molecule has 2 aromatic carbocycles. The molecule has 0 saturated heterocycles. The lowest BCUT2D eigenvalue weighted by atomic mass is 10.2. The fourth-order valence-corrected chi connectivity index (χ4v) is 2.91. The second kappa shape index (κ2) is 7.85. The molecule has 0 spiro atoms. The third-order valence-electron chi connectivity index (χ3n) is 3.52. The number of Topliss-reactive ketones (excluding diaryl/α,β-unsaturated/α-hetero) is 1. The fraction of sp³-hybridized carbons (Fsp3) is 0.167. The van der Waals surface area contributed by atoms with E-state index >= 15 is 0 Å². The van der Waals surface area contributed by atoms with Gasteiger partial charge in [0.1, 0.15) is 11.5 Å². The summed E-state index contributed by atoms with van der Waals surface area (Å²) < 4.78 is 10.5. The number of hydrogen-bond acceptors (Lipinski definition) is 6. The predicted molar refractivity (Wildman–Crippen MR) is 96.4 cm³/mol. The van der Waals surface area contributed by atoms with Gasteiger partial charge in [0.2, 0.25) is 5.16 Å². The lowest BCUT2D eigenvalue weighted by molar-refractivity contribution is 0.102. The number of hydrogen-bond donors (Lipinski definition) is 1. The molecule has 1 heterocycles. The molecular formula is C18H17N3O3S. The van der Waals surface area contributed by atoms with Gasteiger partial charge in [-0.2, -0.15) is 0 Å². The summed E-state index contributed by atoms with van der Waals surface area (Å²) in [7, 11) is 3.19. The highest BCUT2D eigenvalue weighted by molar-refractivity contribution is 7.99. The number of ether oxygens (including phenoxy) is 2. The van der Waals surface area contributed by atoms with Crippen LogP contribution in [0.25, 0.3) is 11.4 Å². The smallest absolute Gasteiger partial charge is 0.209 e. The highest BCUT2D eigenvalue weighted by Gasteiger charge is 2.12. The van der Waals surface area contributed by atoms with Crippen molar-refractivity contribution in [2.75, 3.05) is 20.0 Å². The number of rotatable bonds is 7. The summed E-state index contributed by atoms with van der Waals surface area (Å²) in [6, 6.07) is 14.6. The van der Waals surface area contributed by atoms with Crippen LogP contribution >= 0.6 is 11.8 Å². The summed E-state index contributed by atoms with van der Waals surface area (Å²) in [5.74, 6) is 2.24. The standard InChI is InChI=1S/C18H17N3O3S/c1-23-14-8-13(9-15(10-14)24-2)17-19-18(21-20-17)25-11-16(22)12-6-4-3-5-7-12/h3-10H,11H2,1-2H3,(H,19,20,21). The van der Waals surface area contributed by atoms with E-state index in [1.807, 2.05) is 30.3 Å². The number of thioether (sulfide) groups is 1. The number of carbonyl (C=O) groups excluding carboxylic acids is 1. The quantitative estimate of drug-likeness (QED) is 0.517. The van der Waals surface area contributed by atoms with E-state index in [1.54, 1.807) is 32.4 Å². The monoisotopic (exact) mass is 355 g/mol. The van der Waals surface area contributed by atoms with E-state index in [1.165, 1.54) is 11.8 Å². The molecule has 1 N–H and O–H groups in total. The van der Waals surface area contributed by atoms with Crippen LogP contribution in [0.15, 0.2) is 53.7 Å². The molecule has 3 aromatic rings. The summed E-state index contributed by atoms with van der Waals surface area (Å²) in [6.45, 7) is 0. The van der Waals surface area contributed by atoms with E-state index in [9.17, 15) is 4.79 Å². The van der Waals surface area contributed by atoms with Gasteiger partial charge in [-0.1, -0.05) is 42.1 Å². The Morgan fingerprint density at radius 2 is 1.76 bits per heavy atom. The van der Waals surface area contributed by atoms with Gasteiger partial charge in [-0.25, -0.2) is 4.98 Å². The third kappa shape index (κ3) is 4.19. The van der Waals surface area contributed by atoms with Crippen molar-refractivity contribution in [1.29, 1.82) is 0 Å². The number of nitrogens with zero attached hydrogens (tertiary/aromatic N) is 2. The summed E-state index contributed by atoms with van der Waals surface area (Å²) >= 11 is 1.29. The molecule has 0 aliphatic carbocycles. The number of methoxy groups -OCH3 is 2. The highest BCUT2D eigenvalue weighted by atomic mass is 32.2. The lowest BCUT2D eigenvalue weighted by Gasteiger charge is -2.06. The first-order valence-corrected chi connectivity index (χ1v) is 8.55. The van der Waals surface area contributed by atoms with Crippen LogP contribution in [0.1, 0.15) is 10.4 Å². The Morgan fingerprint density at radius 1 is 1.08 bits per heavy atom. The molecule has 3 rings (SSSR count). The summed E-state index contributed by atoms with van der Waals surface area (Å²) in [5, 5.41) is 7.56. The molecule has 25 heavy (non-hydrogen) atoms. The molecule has 0 fully saturated rings. The number of ketones is 1. The molecule has 0 aliphatic rings. The summed E-state index contributed by atoms with van der Waals surface area (Å²) in [6.07, 6.45) is 0. The Kier molecular flexibility index (Phi) is 5.35. The van der Waals surface area contributed by atoms with Crippen molar-refractivity contribution in [3.63, 3.8) is 0 Å². The van der Waals surface area contributed by atoms with E-state index in [2.05, 4.69) is 15.2 Å². The predicted octanol–water partition coefficient (Wildman–Crippen LogP) is 3.46. The van der Waals surface area contributed by atoms with Crippen molar-refractivity contribution in [3.8, 4) is 22.9 Å². The minimum Gasteiger partial charge on any atom is -0.497 e. The van der Waals surface area contributed by atoms with Crippen molar-refractivity contribution < 1.29 is 14.3 Å². The van der Waals surface area contributed by atoms with Gasteiger partial charge in [0.05, 0.1) is 20.0 Å². The number of nitrogens with one attached hydrogen (secondary N) is 1. The zero-order chi connectivity index (χ0) is 17.6. The van der Waals surface area contributed by atoms with E-state index in [0.717, 1.165) is 5.56 Å². The van der Waals surface area contributed by atoms with Gasteiger partial charge in [-0.3, -0.25) is 9.89 Å². The molecule has 7 heteroatoms. The molecular weight excluding hydrogens is 338 g/mol. The minimum absolute atomic E-state index is 0.0417. The van der Waals surface area contributed by atoms with Crippen molar-refractivity contribution >= 4 is 17.5 Å². The van der Waals surface area contributed by atoms with Gasteiger partial charge in [-0.15, -0.1) is 5.10 Å². The normalized spacial score (nSPS) is 10.5. The van der Waals surface area contributed by atoms with Crippen LogP contribution in [0.2, 0.25) is 0 Å². The SMILES string of the molecule is COc1cc(OC)cc(-c2nc(SCC(=O)c3ccccc3)n[nH]2)c1. The number of H-pyrrole nitrogens is 1. The molecule has 0 radical (unpaired) electrons. The second-order valence-electron chi connectivity index (χ2n) is 5.15. The average Bonchev–Trinajstić information content (AvgIpc) is 3.15. The zero-order valence-corrected chi connectivity index (χ0v) is 14.7. The van der Waals surface area contributed by atoms with Gasteiger partial charge in [-0.05, 0) is 12.1 Å². The van der Waals surface area contributed by atoms with Crippen molar-refractivity contribution in [3.05, 3.63) is 54.1 Å². The first kappa shape index (κ1) is 17.0. The first-order valence-electron chi connectivity index (χ1n) is 7.56. The van der Waals surface area contributed by atoms with E-state index in [4.69, 9.17) is 9.47 Å². The zero-order valence-electron chi connectivity index (χ0n) is 13.9. The van der Waals surface area contributed by atoms with E-state index in [0.29, 0.717) is 28.0 Å². The second-order valence-corrected chi connectivity index (χ2v) is 6.09. The van der Waals surface area contributed by atoms with Gasteiger partial charge >= 0.3 is 0 Å². The molecule has 0 aliphatic heterocycles. The molecule has 0 unspecified atom stereocenters. The Balaban J connectivity index is 1.71. The van der Waals surface area contributed by atoms with Crippen molar-refractivity contribution in [2.24, 2.45) is 0 Å². The van der Waals surface area contributed by atoms with Gasteiger partial charge in [0.15, 0.2) is 11.6 Å². The van der Waals surface area contributed by atoms with E-state index < -0.39 is 0 Å². The van der Waals surface area contributed by atoms with E-state index in [-0.39, 0.29) is 11.5 Å². The van der Waals surface area contributed by atoms with Crippen molar-refractivity contribution in [1.82, 2.24) is 15.2 Å². The van der Waals surface area contributed by atoms with Gasteiger partial charge in [0.25, 0.3) is 0 Å². The summed E-state index contributed by atoms with van der Waals surface area (Å²) in [4.78, 5) is 16.6. The fourth-order valence-electron chi connectivity index (χ4n) is 2.22. The summed E-state index contributed by atoms with van der Waals surface area (Å²) in [5.41, 5.74) is 1.48. The van der Waals surface area contributed by atoms with Crippen molar-refractivity contribution in [2.45, 2.75) is 5.16 Å². The number of aromatic amines is 1. The Labute approximate surface area is 149 Å². The van der Waals surface area contributed by atoms with Gasteiger partial charge < -0.3 is 9.47 Å². The van der Waals surface area contributed by atoms with Crippen LogP contribution in [0, 0.1) is 0 Å². The molecule has 0 amide bonds. The Hall–Kier alpha value is -2.80. The lowest BCUT2D eigenvalue weighted by Crippen LogP contribution is -2.01. The maximum Gasteiger partial charge on any atom is 0.209 e. The molecule has 0 atom stereocenters. The van der Waals surface area contributed by atoms with Crippen LogP contribution in [0.3, 0.4) is 0 Å².